The molecule has 0 saturated carbocycles. The molecule has 0 unspecified atom stereocenters. The average Bonchev–Trinajstić information content (AvgIpc) is 2.84. The lowest BCUT2D eigenvalue weighted by molar-refractivity contribution is -0.137. The van der Waals surface area contributed by atoms with E-state index >= 15 is 0 Å². The van der Waals surface area contributed by atoms with Crippen molar-refractivity contribution >= 4 is 62.2 Å². The summed E-state index contributed by atoms with van der Waals surface area (Å²) >= 11 is 5.01. The number of nitrogens with zero attached hydrogens (tertiary/aromatic N) is 1. The molecular formula is C26H23BrN2O5S. The van der Waals surface area contributed by atoms with Crippen LogP contribution in [0.1, 0.15) is 46.4 Å². The van der Waals surface area contributed by atoms with Gasteiger partial charge in [0, 0.05) is 56.7 Å². The van der Waals surface area contributed by atoms with Crippen LogP contribution in [0.25, 0.3) is 10.8 Å². The molecule has 3 amide bonds. The predicted octanol–water partition coefficient (Wildman–Crippen LogP) is 5.11. The average molecular weight is 555 g/mol. The van der Waals surface area contributed by atoms with Gasteiger partial charge in [0.15, 0.2) is 0 Å². The Morgan fingerprint density at radius 1 is 0.914 bits per heavy atom. The summed E-state index contributed by atoms with van der Waals surface area (Å²) in [7, 11) is 0. The van der Waals surface area contributed by atoms with Crippen molar-refractivity contribution in [1.82, 2.24) is 10.2 Å². The molecule has 9 heteroatoms. The predicted molar refractivity (Wildman–Crippen MR) is 137 cm³/mol. The number of nitrogens with one attached hydrogen (secondary N) is 1. The largest absolute Gasteiger partial charge is 0.481 e. The smallest absolute Gasteiger partial charge is 0.303 e. The van der Waals surface area contributed by atoms with Gasteiger partial charge in [0.25, 0.3) is 11.8 Å². The summed E-state index contributed by atoms with van der Waals surface area (Å²) in [6, 6.07) is 17.1. The molecular weight excluding hydrogens is 532 g/mol. The summed E-state index contributed by atoms with van der Waals surface area (Å²) in [5.41, 5.74) is 0.936. The maximum atomic E-state index is 13.2. The first-order valence-electron chi connectivity index (χ1n) is 11.2. The highest BCUT2D eigenvalue weighted by atomic mass is 79.9. The number of halogens is 1. The number of carbonyl (C=O) groups is 4. The number of unbranched alkanes of at least 4 members (excludes halogenated alkanes) is 1. The van der Waals surface area contributed by atoms with Gasteiger partial charge in [-0.2, -0.15) is 0 Å². The Morgan fingerprint density at radius 2 is 1.60 bits per heavy atom. The first kappa shape index (κ1) is 24.9. The maximum Gasteiger partial charge on any atom is 0.303 e. The van der Waals surface area contributed by atoms with Crippen LogP contribution in [0, 0.1) is 0 Å². The molecule has 0 aliphatic carbocycles. The molecule has 0 aromatic heterocycles. The molecule has 180 valence electrons. The molecule has 3 aromatic carbocycles. The zero-order chi connectivity index (χ0) is 24.9. The molecule has 0 bridgehead atoms. The van der Waals surface area contributed by atoms with E-state index in [0.717, 1.165) is 19.6 Å². The van der Waals surface area contributed by atoms with Crippen molar-refractivity contribution in [2.75, 3.05) is 13.1 Å². The van der Waals surface area contributed by atoms with Crippen LogP contribution in [-0.4, -0.2) is 46.8 Å². The van der Waals surface area contributed by atoms with Crippen molar-refractivity contribution in [3.63, 3.8) is 0 Å². The number of imide groups is 1. The minimum absolute atomic E-state index is 0.0262. The Morgan fingerprint density at radius 3 is 2.31 bits per heavy atom. The highest BCUT2D eigenvalue weighted by molar-refractivity contribution is 9.10. The number of hydrogen-bond donors (Lipinski definition) is 2. The Labute approximate surface area is 215 Å². The number of benzene rings is 3. The van der Waals surface area contributed by atoms with Gasteiger partial charge in [0.2, 0.25) is 5.91 Å². The number of amides is 3. The number of hydrogen-bond acceptors (Lipinski definition) is 5. The molecule has 1 aliphatic rings. The zero-order valence-electron chi connectivity index (χ0n) is 18.8. The Kier molecular flexibility index (Phi) is 7.87. The molecule has 7 nitrogen and oxygen atoms in total. The van der Waals surface area contributed by atoms with Crippen LogP contribution >= 0.6 is 27.7 Å². The normalized spacial score (nSPS) is 12.8. The number of carboxylic acid groups (broad SMARTS) is 1. The van der Waals surface area contributed by atoms with E-state index in [1.54, 1.807) is 23.9 Å². The summed E-state index contributed by atoms with van der Waals surface area (Å²) in [4.78, 5) is 52.1. The van der Waals surface area contributed by atoms with Gasteiger partial charge >= 0.3 is 5.97 Å². The summed E-state index contributed by atoms with van der Waals surface area (Å²) in [6.07, 6.45) is 1.12. The van der Waals surface area contributed by atoms with E-state index in [-0.39, 0.29) is 43.7 Å². The standard InChI is InChI=1S/C26H23BrN2O5S/c27-16-8-10-17(11-9-16)35-21-13-12-20-24-18(21)4-3-5-19(24)25(33)29(26(20)34)15-14-28-22(30)6-1-2-7-23(31)32/h3-5,8-13H,1-2,6-7,14-15H2,(H,28,30)(H,31,32). The van der Waals surface area contributed by atoms with Crippen molar-refractivity contribution in [1.29, 1.82) is 0 Å². The summed E-state index contributed by atoms with van der Waals surface area (Å²) in [5.74, 6) is -1.88. The van der Waals surface area contributed by atoms with E-state index in [0.29, 0.717) is 29.4 Å². The van der Waals surface area contributed by atoms with E-state index in [1.807, 2.05) is 42.5 Å². The van der Waals surface area contributed by atoms with Crippen molar-refractivity contribution in [3.8, 4) is 0 Å². The summed E-state index contributed by atoms with van der Waals surface area (Å²) < 4.78 is 0.990. The van der Waals surface area contributed by atoms with E-state index in [1.165, 1.54) is 4.90 Å². The van der Waals surface area contributed by atoms with E-state index in [9.17, 15) is 19.2 Å². The van der Waals surface area contributed by atoms with Gasteiger partial charge in [-0.3, -0.25) is 24.1 Å². The highest BCUT2D eigenvalue weighted by Crippen LogP contribution is 2.38. The van der Waals surface area contributed by atoms with Crippen LogP contribution < -0.4 is 5.32 Å². The van der Waals surface area contributed by atoms with Gasteiger partial charge in [-0.15, -0.1) is 0 Å². The molecule has 0 fully saturated rings. The quantitative estimate of drug-likeness (QED) is 0.266. The molecule has 1 heterocycles. The van der Waals surface area contributed by atoms with E-state index in [4.69, 9.17) is 5.11 Å². The highest BCUT2D eigenvalue weighted by Gasteiger charge is 2.33. The van der Waals surface area contributed by atoms with Crippen LogP contribution in [-0.2, 0) is 9.59 Å². The van der Waals surface area contributed by atoms with Crippen LogP contribution in [0.3, 0.4) is 0 Å². The van der Waals surface area contributed by atoms with Gasteiger partial charge in [0.1, 0.15) is 0 Å². The number of carboxylic acids is 1. The fraction of sp³-hybridized carbons (Fsp3) is 0.231. The maximum absolute atomic E-state index is 13.2. The fourth-order valence-corrected chi connectivity index (χ4v) is 5.20. The molecule has 0 atom stereocenters. The number of carbonyl (C=O) groups excluding carboxylic acids is 3. The SMILES string of the molecule is O=C(O)CCCCC(=O)NCCN1C(=O)c2cccc3c(Sc4ccc(Br)cc4)ccc(c23)C1=O. The number of aliphatic carboxylic acids is 1. The zero-order valence-corrected chi connectivity index (χ0v) is 21.2. The minimum atomic E-state index is -0.887. The fourth-order valence-electron chi connectivity index (χ4n) is 4.00. The summed E-state index contributed by atoms with van der Waals surface area (Å²) in [6.45, 7) is 0.196. The second-order valence-corrected chi connectivity index (χ2v) is 10.1. The van der Waals surface area contributed by atoms with E-state index in [2.05, 4.69) is 21.2 Å². The van der Waals surface area contributed by atoms with E-state index < -0.39 is 5.97 Å². The van der Waals surface area contributed by atoms with Gasteiger partial charge in [-0.25, -0.2) is 0 Å². The van der Waals surface area contributed by atoms with Crippen molar-refractivity contribution < 1.29 is 24.3 Å². The topological polar surface area (TPSA) is 104 Å². The monoisotopic (exact) mass is 554 g/mol. The van der Waals surface area contributed by atoms with Gasteiger partial charge in [-0.1, -0.05) is 39.8 Å². The first-order valence-corrected chi connectivity index (χ1v) is 12.8. The molecule has 0 spiro atoms. The van der Waals surface area contributed by atoms with Gasteiger partial charge in [-0.05, 0) is 60.7 Å². The third kappa shape index (κ3) is 5.74. The third-order valence-corrected chi connectivity index (χ3v) is 7.31. The molecule has 2 N–H and O–H groups in total. The summed E-state index contributed by atoms with van der Waals surface area (Å²) in [5, 5.41) is 12.9. The lowest BCUT2D eigenvalue weighted by Crippen LogP contribution is -2.44. The molecule has 3 aromatic rings. The van der Waals surface area contributed by atoms with Crippen molar-refractivity contribution in [3.05, 3.63) is 70.2 Å². The Hall–Kier alpha value is -3.17. The first-order chi connectivity index (χ1) is 16.8. The van der Waals surface area contributed by atoms with Crippen LogP contribution in [0.4, 0.5) is 0 Å². The van der Waals surface area contributed by atoms with Crippen LogP contribution in [0.5, 0.6) is 0 Å². The lowest BCUT2D eigenvalue weighted by Gasteiger charge is -2.27. The Bertz CT molecular complexity index is 1290. The minimum Gasteiger partial charge on any atom is -0.481 e. The van der Waals surface area contributed by atoms with Crippen LogP contribution in [0.15, 0.2) is 68.9 Å². The molecule has 4 rings (SSSR count). The second-order valence-electron chi connectivity index (χ2n) is 8.11. The van der Waals surface area contributed by atoms with Crippen molar-refractivity contribution in [2.24, 2.45) is 0 Å². The molecule has 1 aliphatic heterocycles. The third-order valence-electron chi connectivity index (χ3n) is 5.70. The molecule has 35 heavy (non-hydrogen) atoms. The van der Waals surface area contributed by atoms with Crippen LogP contribution in [0.2, 0.25) is 0 Å². The number of rotatable bonds is 10. The van der Waals surface area contributed by atoms with Gasteiger partial charge in [0.05, 0.1) is 0 Å². The second kappa shape index (κ2) is 11.0. The molecule has 0 saturated heterocycles. The van der Waals surface area contributed by atoms with Crippen molar-refractivity contribution in [2.45, 2.75) is 35.5 Å². The van der Waals surface area contributed by atoms with Gasteiger partial charge < -0.3 is 10.4 Å². The Balaban J connectivity index is 1.46. The lowest BCUT2D eigenvalue weighted by atomic mass is 9.94. The molecule has 0 radical (unpaired) electrons.